The van der Waals surface area contributed by atoms with Gasteiger partial charge in [0.25, 0.3) is 0 Å². The molecular formula is C19H25BO5. The lowest BCUT2D eigenvalue weighted by molar-refractivity contribution is 0.00578. The van der Waals surface area contributed by atoms with Crippen LogP contribution in [-0.2, 0) is 14.0 Å². The molecule has 3 rings (SSSR count). The predicted octanol–water partition coefficient (Wildman–Crippen LogP) is 3.63. The largest absolute Gasteiger partial charge is 0.486 e. The van der Waals surface area contributed by atoms with E-state index in [0.29, 0.717) is 20.0 Å². The summed E-state index contributed by atoms with van der Waals surface area (Å²) in [6.07, 6.45) is 5.90. The van der Waals surface area contributed by atoms with Crippen LogP contribution in [0.15, 0.2) is 36.3 Å². The highest BCUT2D eigenvalue weighted by molar-refractivity contribution is 6.51. The second-order valence-corrected chi connectivity index (χ2v) is 7.11. The van der Waals surface area contributed by atoms with Gasteiger partial charge < -0.3 is 23.5 Å². The van der Waals surface area contributed by atoms with Gasteiger partial charge in [0.2, 0.25) is 6.79 Å². The normalized spacial score (nSPS) is 20.9. The molecule has 1 saturated heterocycles. The van der Waals surface area contributed by atoms with Gasteiger partial charge in [0.1, 0.15) is 0 Å². The van der Waals surface area contributed by atoms with Crippen LogP contribution >= 0.6 is 0 Å². The number of hydrogen-bond acceptors (Lipinski definition) is 5. The van der Waals surface area contributed by atoms with Crippen molar-refractivity contribution in [2.24, 2.45) is 0 Å². The van der Waals surface area contributed by atoms with Crippen molar-refractivity contribution in [2.75, 3.05) is 20.0 Å². The zero-order valence-corrected chi connectivity index (χ0v) is 15.3. The molecule has 5 nitrogen and oxygen atoms in total. The first-order valence-corrected chi connectivity index (χ1v) is 8.54. The Bertz CT molecular complexity index is 650. The Morgan fingerprint density at radius 2 is 1.68 bits per heavy atom. The van der Waals surface area contributed by atoms with Crippen LogP contribution in [0.4, 0.5) is 0 Å². The maximum atomic E-state index is 5.89. The number of ether oxygens (including phenoxy) is 3. The Hall–Kier alpha value is -1.76. The molecule has 0 bridgehead atoms. The van der Waals surface area contributed by atoms with E-state index in [1.807, 2.05) is 70.1 Å². The Kier molecular flexibility index (Phi) is 5.23. The molecule has 25 heavy (non-hydrogen) atoms. The highest BCUT2D eigenvalue weighted by Crippen LogP contribution is 2.36. The Labute approximate surface area is 149 Å². The first-order valence-electron chi connectivity index (χ1n) is 8.54. The fourth-order valence-electron chi connectivity index (χ4n) is 2.54. The lowest BCUT2D eigenvalue weighted by Crippen LogP contribution is -2.41. The minimum absolute atomic E-state index is 0.292. The molecule has 0 amide bonds. The molecule has 1 aromatic rings. The average Bonchev–Trinajstić information content (AvgIpc) is 3.07. The van der Waals surface area contributed by atoms with Gasteiger partial charge in [-0.3, -0.25) is 0 Å². The van der Waals surface area contributed by atoms with E-state index in [2.05, 4.69) is 0 Å². The summed E-state index contributed by atoms with van der Waals surface area (Å²) in [6.45, 7) is 9.49. The molecular weight excluding hydrogens is 319 g/mol. The quantitative estimate of drug-likeness (QED) is 0.583. The van der Waals surface area contributed by atoms with E-state index in [4.69, 9.17) is 23.5 Å². The van der Waals surface area contributed by atoms with Crippen molar-refractivity contribution in [3.8, 4) is 11.5 Å². The topological polar surface area (TPSA) is 46.2 Å². The highest BCUT2D eigenvalue weighted by atomic mass is 16.7. The van der Waals surface area contributed by atoms with Gasteiger partial charge in [-0.05, 0) is 45.4 Å². The number of fused-ring (bicyclic) bond motifs is 1. The maximum Gasteiger partial charge on any atom is 0.486 e. The van der Waals surface area contributed by atoms with E-state index in [1.165, 1.54) is 0 Å². The third kappa shape index (κ3) is 4.26. The molecule has 0 aromatic heterocycles. The average molecular weight is 344 g/mol. The van der Waals surface area contributed by atoms with Gasteiger partial charge in [-0.1, -0.05) is 30.3 Å². The first-order chi connectivity index (χ1) is 11.9. The van der Waals surface area contributed by atoms with E-state index < -0.39 is 0 Å². The van der Waals surface area contributed by atoms with Crippen molar-refractivity contribution in [3.05, 3.63) is 41.9 Å². The first kappa shape index (κ1) is 18.0. The van der Waals surface area contributed by atoms with E-state index in [1.54, 1.807) is 0 Å². The van der Waals surface area contributed by atoms with Crippen LogP contribution in [0, 0.1) is 0 Å². The fourth-order valence-corrected chi connectivity index (χ4v) is 2.54. The molecule has 1 aromatic carbocycles. The Morgan fingerprint density at radius 1 is 1.00 bits per heavy atom. The van der Waals surface area contributed by atoms with E-state index in [9.17, 15) is 0 Å². The van der Waals surface area contributed by atoms with Gasteiger partial charge in [-0.25, -0.2) is 0 Å². The third-order valence-electron chi connectivity index (χ3n) is 4.70. The summed E-state index contributed by atoms with van der Waals surface area (Å²) in [4.78, 5) is 0. The van der Waals surface area contributed by atoms with Crippen molar-refractivity contribution >= 4 is 13.2 Å². The van der Waals surface area contributed by atoms with Crippen LogP contribution in [0.2, 0.25) is 0 Å². The second-order valence-electron chi connectivity index (χ2n) is 7.11. The standard InChI is InChI=1S/C19H25BO5/c1-18(2)19(3,4)25-20(24-18)10-6-12-21-11-5-7-15-8-9-16-17(13-15)23-14-22-16/h5-10,13H,11-12,14H2,1-4H3/b7-5+,10-6+. The molecule has 0 spiro atoms. The van der Waals surface area contributed by atoms with E-state index in [-0.39, 0.29) is 18.3 Å². The summed E-state index contributed by atoms with van der Waals surface area (Å²) in [5.74, 6) is 3.48. The molecule has 134 valence electrons. The molecule has 0 N–H and O–H groups in total. The number of benzene rings is 1. The predicted molar refractivity (Wildman–Crippen MR) is 97.6 cm³/mol. The molecule has 2 aliphatic heterocycles. The van der Waals surface area contributed by atoms with Crippen molar-refractivity contribution in [1.29, 1.82) is 0 Å². The van der Waals surface area contributed by atoms with Crippen LogP contribution in [0.25, 0.3) is 6.08 Å². The van der Waals surface area contributed by atoms with Gasteiger partial charge >= 0.3 is 7.12 Å². The number of rotatable bonds is 6. The molecule has 0 saturated carbocycles. The van der Waals surface area contributed by atoms with Crippen LogP contribution in [0.5, 0.6) is 11.5 Å². The number of hydrogen-bond donors (Lipinski definition) is 0. The zero-order chi connectivity index (χ0) is 17.9. The van der Waals surface area contributed by atoms with Crippen LogP contribution in [-0.4, -0.2) is 38.3 Å². The Morgan fingerprint density at radius 3 is 2.44 bits per heavy atom. The van der Waals surface area contributed by atoms with Crippen LogP contribution < -0.4 is 9.47 Å². The Balaban J connectivity index is 1.38. The summed E-state index contributed by atoms with van der Waals surface area (Å²) in [7, 11) is -0.322. The van der Waals surface area contributed by atoms with Gasteiger partial charge in [0.15, 0.2) is 11.5 Å². The molecule has 1 fully saturated rings. The summed E-state index contributed by atoms with van der Waals surface area (Å²) in [5, 5.41) is 0. The third-order valence-corrected chi connectivity index (χ3v) is 4.70. The molecule has 0 aliphatic carbocycles. The highest BCUT2D eigenvalue weighted by Gasteiger charge is 2.49. The molecule has 0 unspecified atom stereocenters. The van der Waals surface area contributed by atoms with Crippen molar-refractivity contribution < 1.29 is 23.5 Å². The zero-order valence-electron chi connectivity index (χ0n) is 15.3. The summed E-state index contributed by atoms with van der Waals surface area (Å²) in [5.41, 5.74) is 0.438. The minimum Gasteiger partial charge on any atom is -0.454 e. The second kappa shape index (κ2) is 7.24. The lowest BCUT2D eigenvalue weighted by Gasteiger charge is -2.32. The molecule has 6 heteroatoms. The van der Waals surface area contributed by atoms with Crippen LogP contribution in [0.1, 0.15) is 33.3 Å². The molecule has 2 heterocycles. The molecule has 0 radical (unpaired) electrons. The fraction of sp³-hybridized carbons (Fsp3) is 0.474. The SMILES string of the molecule is CC1(C)OB(/C=C/COC/C=C/c2ccc3c(c2)OCO3)OC1(C)C. The van der Waals surface area contributed by atoms with Crippen molar-refractivity contribution in [2.45, 2.75) is 38.9 Å². The molecule has 0 atom stereocenters. The maximum absolute atomic E-state index is 5.89. The summed E-state index contributed by atoms with van der Waals surface area (Å²) < 4.78 is 28.0. The summed E-state index contributed by atoms with van der Waals surface area (Å²) in [6, 6.07) is 5.86. The molecule has 2 aliphatic rings. The van der Waals surface area contributed by atoms with Gasteiger partial charge in [0, 0.05) is 0 Å². The minimum atomic E-state index is -0.322. The summed E-state index contributed by atoms with van der Waals surface area (Å²) >= 11 is 0. The van der Waals surface area contributed by atoms with Gasteiger partial charge in [-0.15, -0.1) is 0 Å². The van der Waals surface area contributed by atoms with Gasteiger partial charge in [0.05, 0.1) is 24.4 Å². The van der Waals surface area contributed by atoms with Crippen molar-refractivity contribution in [1.82, 2.24) is 0 Å². The monoisotopic (exact) mass is 344 g/mol. The van der Waals surface area contributed by atoms with Crippen molar-refractivity contribution in [3.63, 3.8) is 0 Å². The van der Waals surface area contributed by atoms with Gasteiger partial charge in [-0.2, -0.15) is 0 Å². The van der Waals surface area contributed by atoms with E-state index >= 15 is 0 Å². The van der Waals surface area contributed by atoms with E-state index in [0.717, 1.165) is 17.1 Å². The lowest BCUT2D eigenvalue weighted by atomic mass is 9.90. The smallest absolute Gasteiger partial charge is 0.454 e. The van der Waals surface area contributed by atoms with Crippen LogP contribution in [0.3, 0.4) is 0 Å².